The van der Waals surface area contributed by atoms with E-state index in [4.69, 9.17) is 9.47 Å². The molecule has 0 saturated carbocycles. The van der Waals surface area contributed by atoms with Crippen LogP contribution in [0, 0.1) is 5.92 Å². The number of carbonyl (C=O) groups excluding carboxylic acids is 1. The molecule has 24 heavy (non-hydrogen) atoms. The summed E-state index contributed by atoms with van der Waals surface area (Å²) < 4.78 is 11.4. The Morgan fingerprint density at radius 3 is 2.67 bits per heavy atom. The van der Waals surface area contributed by atoms with E-state index in [1.807, 2.05) is 0 Å². The molecule has 1 fully saturated rings. The Bertz CT molecular complexity index is 663. The Kier molecular flexibility index (Phi) is 4.79. The second-order valence-corrected chi connectivity index (χ2v) is 7.12. The van der Waals surface area contributed by atoms with Gasteiger partial charge in [-0.3, -0.25) is 0 Å². The van der Waals surface area contributed by atoms with Gasteiger partial charge in [0.25, 0.3) is 0 Å². The van der Waals surface area contributed by atoms with E-state index in [1.165, 1.54) is 16.7 Å². The molecular formula is C21H26O3. The van der Waals surface area contributed by atoms with Crippen LogP contribution in [0.4, 0.5) is 0 Å². The van der Waals surface area contributed by atoms with Gasteiger partial charge in [0.2, 0.25) is 0 Å². The Morgan fingerprint density at radius 1 is 1.08 bits per heavy atom. The molecule has 1 saturated heterocycles. The first-order valence-corrected chi connectivity index (χ1v) is 8.73. The zero-order valence-electron chi connectivity index (χ0n) is 14.6. The third kappa shape index (κ3) is 3.55. The van der Waals surface area contributed by atoms with Gasteiger partial charge in [-0.15, -0.1) is 0 Å². The smallest absolute Gasteiger partial charge is 0.334 e. The van der Waals surface area contributed by atoms with Crippen molar-refractivity contribution in [1.29, 1.82) is 0 Å². The first kappa shape index (κ1) is 16.8. The standard InChI is InChI=1S/C21H26O3/c1-13-6-5-7-17-12-18(23-16(17)4)10-14(2)11-20-19(9-8-13)15(3)21(22)24-20/h6,11-12,18-20H,3-5,7-10H2,1-2H3/b13-6+,14-11+/t18?,19-,20+/m1/s1. The van der Waals surface area contributed by atoms with Crippen LogP contribution in [0.5, 0.6) is 0 Å². The van der Waals surface area contributed by atoms with Gasteiger partial charge in [-0.25, -0.2) is 4.79 Å². The van der Waals surface area contributed by atoms with Crippen molar-refractivity contribution in [2.75, 3.05) is 0 Å². The molecule has 0 aromatic rings. The second-order valence-electron chi connectivity index (χ2n) is 7.12. The molecule has 128 valence electrons. The molecule has 0 aromatic carbocycles. The van der Waals surface area contributed by atoms with Crippen molar-refractivity contribution in [3.05, 3.63) is 59.4 Å². The zero-order valence-corrected chi connectivity index (χ0v) is 14.6. The van der Waals surface area contributed by atoms with Gasteiger partial charge in [-0.05, 0) is 57.3 Å². The van der Waals surface area contributed by atoms with Gasteiger partial charge in [0, 0.05) is 17.9 Å². The highest BCUT2D eigenvalue weighted by Crippen LogP contribution is 2.35. The normalized spacial score (nSPS) is 35.7. The van der Waals surface area contributed by atoms with Gasteiger partial charge >= 0.3 is 5.97 Å². The van der Waals surface area contributed by atoms with Crippen molar-refractivity contribution in [3.63, 3.8) is 0 Å². The predicted octanol–water partition coefficient (Wildman–Crippen LogP) is 4.78. The molecule has 1 unspecified atom stereocenters. The van der Waals surface area contributed by atoms with Crippen molar-refractivity contribution in [2.45, 2.75) is 58.2 Å². The van der Waals surface area contributed by atoms with Crippen LogP contribution in [0.2, 0.25) is 0 Å². The van der Waals surface area contributed by atoms with Crippen LogP contribution in [0.3, 0.4) is 0 Å². The number of rotatable bonds is 0. The number of carbonyl (C=O) groups is 1. The van der Waals surface area contributed by atoms with Crippen LogP contribution < -0.4 is 0 Å². The van der Waals surface area contributed by atoms with Gasteiger partial charge in [-0.2, -0.15) is 0 Å². The van der Waals surface area contributed by atoms with E-state index in [-0.39, 0.29) is 24.1 Å². The van der Waals surface area contributed by atoms with E-state index in [0.29, 0.717) is 5.57 Å². The minimum atomic E-state index is -0.257. The summed E-state index contributed by atoms with van der Waals surface area (Å²) in [5.41, 5.74) is 4.34. The average Bonchev–Trinajstić information content (AvgIpc) is 2.97. The largest absolute Gasteiger partial charge is 0.486 e. The highest BCUT2D eigenvalue weighted by molar-refractivity contribution is 5.91. The van der Waals surface area contributed by atoms with Crippen molar-refractivity contribution in [1.82, 2.24) is 0 Å². The van der Waals surface area contributed by atoms with Crippen LogP contribution in [-0.2, 0) is 14.3 Å². The number of fused-ring (bicyclic) bond motifs is 2. The fraction of sp³-hybridized carbons (Fsp3) is 0.476. The fourth-order valence-electron chi connectivity index (χ4n) is 3.68. The molecule has 0 spiro atoms. The SMILES string of the molecule is C=C1OC2C=C1CC/C=C(\C)CC[C@@H]1C(=C)C(=O)O[C@H]1/C=C(\C)C2. The lowest BCUT2D eigenvalue weighted by Crippen LogP contribution is -2.15. The molecule has 1 aliphatic carbocycles. The maximum absolute atomic E-state index is 11.9. The molecule has 3 heteroatoms. The lowest BCUT2D eigenvalue weighted by atomic mass is 9.89. The van der Waals surface area contributed by atoms with Gasteiger partial charge in [0.05, 0.1) is 0 Å². The summed E-state index contributed by atoms with van der Waals surface area (Å²) in [6.45, 7) is 12.2. The molecule has 0 radical (unpaired) electrons. The summed E-state index contributed by atoms with van der Waals surface area (Å²) in [5.74, 6) is 0.615. The van der Waals surface area contributed by atoms with Crippen LogP contribution in [0.25, 0.3) is 0 Å². The molecule has 2 aliphatic heterocycles. The summed E-state index contributed by atoms with van der Waals surface area (Å²) in [6.07, 6.45) is 11.0. The molecule has 3 nitrogen and oxygen atoms in total. The van der Waals surface area contributed by atoms with Crippen molar-refractivity contribution in [3.8, 4) is 0 Å². The topological polar surface area (TPSA) is 35.5 Å². The lowest BCUT2D eigenvalue weighted by molar-refractivity contribution is -0.137. The summed E-state index contributed by atoms with van der Waals surface area (Å²) >= 11 is 0. The van der Waals surface area contributed by atoms with Gasteiger partial charge in [0.1, 0.15) is 18.0 Å². The Labute approximate surface area is 144 Å². The van der Waals surface area contributed by atoms with Crippen LogP contribution in [0.15, 0.2) is 59.4 Å². The number of hydrogen-bond acceptors (Lipinski definition) is 3. The van der Waals surface area contributed by atoms with Crippen molar-refractivity contribution >= 4 is 5.97 Å². The average molecular weight is 326 g/mol. The monoisotopic (exact) mass is 326 g/mol. The molecule has 2 heterocycles. The second kappa shape index (κ2) is 6.84. The molecule has 0 N–H and O–H groups in total. The number of esters is 1. The fourth-order valence-corrected chi connectivity index (χ4v) is 3.68. The molecular weight excluding hydrogens is 300 g/mol. The Hall–Kier alpha value is -2.03. The number of hydrogen-bond donors (Lipinski definition) is 0. The molecule has 0 amide bonds. The predicted molar refractivity (Wildman–Crippen MR) is 95.2 cm³/mol. The van der Waals surface area contributed by atoms with Gasteiger partial charge < -0.3 is 9.47 Å². The van der Waals surface area contributed by atoms with E-state index >= 15 is 0 Å². The molecule has 3 rings (SSSR count). The van der Waals surface area contributed by atoms with Crippen LogP contribution >= 0.6 is 0 Å². The first-order chi connectivity index (χ1) is 11.4. The minimum absolute atomic E-state index is 0.0375. The number of ether oxygens (including phenoxy) is 2. The highest BCUT2D eigenvalue weighted by Gasteiger charge is 2.37. The highest BCUT2D eigenvalue weighted by atomic mass is 16.6. The minimum Gasteiger partial charge on any atom is -0.486 e. The summed E-state index contributed by atoms with van der Waals surface area (Å²) in [4.78, 5) is 11.9. The van der Waals surface area contributed by atoms with Crippen molar-refractivity contribution in [2.24, 2.45) is 5.92 Å². The van der Waals surface area contributed by atoms with Crippen LogP contribution in [-0.4, -0.2) is 18.2 Å². The van der Waals surface area contributed by atoms with E-state index in [9.17, 15) is 4.79 Å². The van der Waals surface area contributed by atoms with Crippen molar-refractivity contribution < 1.29 is 14.3 Å². The third-order valence-corrected chi connectivity index (χ3v) is 5.12. The van der Waals surface area contributed by atoms with E-state index in [1.54, 1.807) is 0 Å². The van der Waals surface area contributed by atoms with Gasteiger partial charge in [-0.1, -0.05) is 30.4 Å². The third-order valence-electron chi connectivity index (χ3n) is 5.12. The Balaban J connectivity index is 1.86. The molecule has 0 aromatic heterocycles. The van der Waals surface area contributed by atoms with Gasteiger partial charge in [0.15, 0.2) is 0 Å². The number of allylic oxidation sites excluding steroid dienone is 3. The summed E-state index contributed by atoms with van der Waals surface area (Å²) in [7, 11) is 0. The van der Waals surface area contributed by atoms with E-state index in [0.717, 1.165) is 37.9 Å². The Morgan fingerprint density at radius 2 is 1.88 bits per heavy atom. The zero-order chi connectivity index (χ0) is 17.3. The molecule has 2 bridgehead atoms. The summed E-state index contributed by atoms with van der Waals surface area (Å²) in [5, 5.41) is 0. The summed E-state index contributed by atoms with van der Waals surface area (Å²) in [6, 6.07) is 0. The maximum Gasteiger partial charge on any atom is 0.334 e. The lowest BCUT2D eigenvalue weighted by Gasteiger charge is -2.17. The van der Waals surface area contributed by atoms with E-state index in [2.05, 4.69) is 45.2 Å². The molecule has 3 atom stereocenters. The maximum atomic E-state index is 11.9. The molecule has 3 aliphatic rings. The van der Waals surface area contributed by atoms with Crippen LogP contribution in [0.1, 0.15) is 46.0 Å². The quantitative estimate of drug-likeness (QED) is 0.365. The first-order valence-electron chi connectivity index (χ1n) is 8.73. The van der Waals surface area contributed by atoms with E-state index < -0.39 is 0 Å².